The number of rotatable bonds is 6. The summed E-state index contributed by atoms with van der Waals surface area (Å²) in [5.74, 6) is -0.0226. The maximum Gasteiger partial charge on any atom is 0.347 e. The molecule has 3 rings (SSSR count). The maximum absolute atomic E-state index is 11.2. The number of aromatic carboxylic acids is 1. The van der Waals surface area contributed by atoms with Gasteiger partial charge in [-0.05, 0) is 38.0 Å². The van der Waals surface area contributed by atoms with Crippen molar-refractivity contribution in [2.24, 2.45) is 5.92 Å². The largest absolute Gasteiger partial charge is 0.477 e. The Labute approximate surface area is 111 Å². The highest BCUT2D eigenvalue weighted by atomic mass is 32.1. The van der Waals surface area contributed by atoms with Crippen LogP contribution in [0.5, 0.6) is 0 Å². The van der Waals surface area contributed by atoms with Crippen molar-refractivity contribution < 1.29 is 9.90 Å². The van der Waals surface area contributed by atoms with Gasteiger partial charge < -0.3 is 10.0 Å². The van der Waals surface area contributed by atoms with Crippen LogP contribution in [0, 0.1) is 5.92 Å². The van der Waals surface area contributed by atoms with Gasteiger partial charge in [0.25, 0.3) is 0 Å². The van der Waals surface area contributed by atoms with Gasteiger partial charge >= 0.3 is 5.97 Å². The second-order valence-corrected chi connectivity index (χ2v) is 6.24. The van der Waals surface area contributed by atoms with Crippen molar-refractivity contribution in [1.82, 2.24) is 4.98 Å². The Morgan fingerprint density at radius 2 is 2.17 bits per heavy atom. The highest BCUT2D eigenvalue weighted by molar-refractivity contribution is 7.17. The van der Waals surface area contributed by atoms with Crippen LogP contribution in [0.25, 0.3) is 0 Å². The van der Waals surface area contributed by atoms with E-state index >= 15 is 0 Å². The summed E-state index contributed by atoms with van der Waals surface area (Å²) in [5, 5.41) is 10.1. The lowest BCUT2D eigenvalue weighted by Crippen LogP contribution is -2.27. The van der Waals surface area contributed by atoms with Gasteiger partial charge in [-0.2, -0.15) is 0 Å². The summed E-state index contributed by atoms with van der Waals surface area (Å²) >= 11 is 1.35. The first-order chi connectivity index (χ1) is 8.69. The monoisotopic (exact) mass is 266 g/mol. The van der Waals surface area contributed by atoms with Crippen molar-refractivity contribution in [2.75, 3.05) is 11.4 Å². The van der Waals surface area contributed by atoms with E-state index in [1.807, 2.05) is 6.92 Å². The number of anilines is 1. The Morgan fingerprint density at radius 3 is 2.61 bits per heavy atom. The first-order valence-corrected chi connectivity index (χ1v) is 7.50. The summed E-state index contributed by atoms with van der Waals surface area (Å²) in [4.78, 5) is 18.5. The van der Waals surface area contributed by atoms with E-state index in [1.54, 1.807) is 0 Å². The number of carboxylic acid groups (broad SMARTS) is 1. The Hall–Kier alpha value is -1.10. The third kappa shape index (κ3) is 2.36. The molecule has 2 aliphatic rings. The van der Waals surface area contributed by atoms with E-state index in [9.17, 15) is 9.90 Å². The van der Waals surface area contributed by atoms with Gasteiger partial charge in [0.2, 0.25) is 0 Å². The molecule has 1 aromatic heterocycles. The summed E-state index contributed by atoms with van der Waals surface area (Å²) in [7, 11) is 0. The molecule has 0 saturated heterocycles. The van der Waals surface area contributed by atoms with Gasteiger partial charge in [-0.3, -0.25) is 0 Å². The van der Waals surface area contributed by atoms with Crippen LogP contribution in [0.1, 0.15) is 48.0 Å². The van der Waals surface area contributed by atoms with E-state index in [4.69, 9.17) is 0 Å². The highest BCUT2D eigenvalue weighted by Gasteiger charge is 2.36. The molecule has 18 heavy (non-hydrogen) atoms. The summed E-state index contributed by atoms with van der Waals surface area (Å²) in [5.41, 5.74) is 0.740. The lowest BCUT2D eigenvalue weighted by Gasteiger charge is -2.21. The Kier molecular flexibility index (Phi) is 3.01. The third-order valence-electron chi connectivity index (χ3n) is 3.60. The van der Waals surface area contributed by atoms with Crippen LogP contribution in [-0.4, -0.2) is 28.6 Å². The number of nitrogens with zero attached hydrogens (tertiary/aromatic N) is 2. The Balaban J connectivity index is 1.85. The fraction of sp³-hybridized carbons (Fsp3) is 0.692. The third-order valence-corrected chi connectivity index (χ3v) is 4.72. The van der Waals surface area contributed by atoms with Crippen molar-refractivity contribution in [3.05, 3.63) is 10.6 Å². The lowest BCUT2D eigenvalue weighted by molar-refractivity contribution is 0.0701. The van der Waals surface area contributed by atoms with Crippen LogP contribution in [0.2, 0.25) is 0 Å². The molecule has 0 aliphatic heterocycles. The quantitative estimate of drug-likeness (QED) is 0.860. The molecule has 2 fully saturated rings. The fourth-order valence-corrected chi connectivity index (χ4v) is 3.29. The molecular weight excluding hydrogens is 248 g/mol. The van der Waals surface area contributed by atoms with E-state index in [0.717, 1.165) is 23.3 Å². The molecular formula is C13H18N2O2S. The minimum Gasteiger partial charge on any atom is -0.477 e. The Morgan fingerprint density at radius 1 is 1.44 bits per heavy atom. The molecule has 0 bridgehead atoms. The normalized spacial score (nSPS) is 18.9. The lowest BCUT2D eigenvalue weighted by atomic mass is 10.3. The van der Waals surface area contributed by atoms with Gasteiger partial charge in [0, 0.05) is 12.6 Å². The Bertz CT molecular complexity index is 464. The van der Waals surface area contributed by atoms with Gasteiger partial charge in [0.15, 0.2) is 5.13 Å². The predicted octanol–water partition coefficient (Wildman–Crippen LogP) is 2.78. The van der Waals surface area contributed by atoms with Crippen LogP contribution in [-0.2, 0) is 6.42 Å². The highest BCUT2D eigenvalue weighted by Crippen LogP contribution is 2.39. The van der Waals surface area contributed by atoms with Crippen molar-refractivity contribution in [1.29, 1.82) is 0 Å². The molecule has 1 N–H and O–H groups in total. The average molecular weight is 266 g/mol. The molecule has 0 amide bonds. The molecule has 2 saturated carbocycles. The molecule has 1 aromatic rings. The van der Waals surface area contributed by atoms with Gasteiger partial charge in [0.05, 0.1) is 5.69 Å². The summed E-state index contributed by atoms with van der Waals surface area (Å²) in [6, 6.07) is 0.614. The number of aryl methyl sites for hydroxylation is 1. The zero-order valence-corrected chi connectivity index (χ0v) is 11.4. The topological polar surface area (TPSA) is 53.4 Å². The first kappa shape index (κ1) is 12.0. The molecule has 0 spiro atoms. The van der Waals surface area contributed by atoms with Crippen LogP contribution in [0.15, 0.2) is 0 Å². The number of carbonyl (C=O) groups is 1. The van der Waals surface area contributed by atoms with Gasteiger partial charge in [-0.1, -0.05) is 18.3 Å². The molecule has 0 radical (unpaired) electrons. The molecule has 5 heteroatoms. The maximum atomic E-state index is 11.2. The van der Waals surface area contributed by atoms with Crippen molar-refractivity contribution in [3.8, 4) is 0 Å². The average Bonchev–Trinajstić information content (AvgIpc) is 3.23. The van der Waals surface area contributed by atoms with E-state index in [1.165, 1.54) is 37.0 Å². The van der Waals surface area contributed by atoms with Gasteiger partial charge in [0.1, 0.15) is 4.88 Å². The van der Waals surface area contributed by atoms with Crippen LogP contribution < -0.4 is 4.90 Å². The minimum atomic E-state index is -0.835. The van der Waals surface area contributed by atoms with Crippen molar-refractivity contribution in [2.45, 2.75) is 45.1 Å². The minimum absolute atomic E-state index is 0.425. The molecule has 4 nitrogen and oxygen atoms in total. The number of aromatic nitrogens is 1. The van der Waals surface area contributed by atoms with Gasteiger partial charge in [-0.25, -0.2) is 9.78 Å². The molecule has 1 heterocycles. The summed E-state index contributed by atoms with van der Waals surface area (Å²) in [6.07, 6.45) is 5.80. The van der Waals surface area contributed by atoms with E-state index in [2.05, 4.69) is 9.88 Å². The van der Waals surface area contributed by atoms with Gasteiger partial charge in [-0.15, -0.1) is 0 Å². The fourth-order valence-electron chi connectivity index (χ4n) is 2.22. The number of hydrogen-bond donors (Lipinski definition) is 1. The number of thiazole rings is 1. The van der Waals surface area contributed by atoms with Crippen molar-refractivity contribution >= 4 is 22.4 Å². The molecule has 98 valence electrons. The summed E-state index contributed by atoms with van der Waals surface area (Å²) in [6.45, 7) is 3.04. The van der Waals surface area contributed by atoms with Crippen LogP contribution in [0.4, 0.5) is 5.13 Å². The number of hydrogen-bond acceptors (Lipinski definition) is 4. The molecule has 2 aliphatic carbocycles. The molecule has 0 aromatic carbocycles. The number of carboxylic acids is 1. The van der Waals surface area contributed by atoms with Crippen LogP contribution in [0.3, 0.4) is 0 Å². The standard InChI is InChI=1S/C13H18N2O2S/c1-2-10-11(12(16)17)18-13(14-10)15(9-5-6-9)7-8-3-4-8/h8-9H,2-7H2,1H3,(H,16,17). The molecule has 0 unspecified atom stereocenters. The summed E-state index contributed by atoms with van der Waals surface area (Å²) < 4.78 is 0. The van der Waals surface area contributed by atoms with Crippen molar-refractivity contribution in [3.63, 3.8) is 0 Å². The predicted molar refractivity (Wildman–Crippen MR) is 71.5 cm³/mol. The second-order valence-electron chi connectivity index (χ2n) is 5.26. The SMILES string of the molecule is CCc1nc(N(CC2CC2)C2CC2)sc1C(=O)O. The zero-order valence-electron chi connectivity index (χ0n) is 10.6. The van der Waals surface area contributed by atoms with E-state index in [0.29, 0.717) is 17.3 Å². The first-order valence-electron chi connectivity index (χ1n) is 6.68. The smallest absolute Gasteiger partial charge is 0.347 e. The van der Waals surface area contributed by atoms with E-state index in [-0.39, 0.29) is 0 Å². The second kappa shape index (κ2) is 4.53. The molecule has 0 atom stereocenters. The van der Waals surface area contributed by atoms with Crippen LogP contribution >= 0.6 is 11.3 Å². The van der Waals surface area contributed by atoms with E-state index < -0.39 is 5.97 Å². The zero-order chi connectivity index (χ0) is 12.7.